The van der Waals surface area contributed by atoms with Gasteiger partial charge in [0.25, 0.3) is 0 Å². The summed E-state index contributed by atoms with van der Waals surface area (Å²) in [6, 6.07) is 6.13. The zero-order valence-electron chi connectivity index (χ0n) is 14.9. The fraction of sp³-hybridized carbons (Fsp3) is 0.636. The van der Waals surface area contributed by atoms with E-state index in [-0.39, 0.29) is 0 Å². The molecule has 124 valence electrons. The lowest BCUT2D eigenvalue weighted by Crippen LogP contribution is -2.40. The maximum absolute atomic E-state index is 9.79. The van der Waals surface area contributed by atoms with Gasteiger partial charge in [-0.05, 0) is 98.3 Å². The summed E-state index contributed by atoms with van der Waals surface area (Å²) in [7, 11) is 0. The zero-order chi connectivity index (χ0) is 16.2. The van der Waals surface area contributed by atoms with Crippen molar-refractivity contribution in [1.29, 1.82) is 0 Å². The van der Waals surface area contributed by atoms with Crippen LogP contribution >= 0.6 is 0 Å². The molecule has 0 heterocycles. The van der Waals surface area contributed by atoms with Gasteiger partial charge in [-0.1, -0.05) is 31.1 Å². The van der Waals surface area contributed by atoms with Crippen molar-refractivity contribution < 1.29 is 5.11 Å². The first-order chi connectivity index (χ1) is 11.0. The van der Waals surface area contributed by atoms with E-state index in [0.29, 0.717) is 11.2 Å². The summed E-state index contributed by atoms with van der Waals surface area (Å²) < 4.78 is 0. The largest absolute Gasteiger partial charge is 0.508 e. The summed E-state index contributed by atoms with van der Waals surface area (Å²) >= 11 is 0. The van der Waals surface area contributed by atoms with Gasteiger partial charge >= 0.3 is 0 Å². The molecule has 0 amide bonds. The van der Waals surface area contributed by atoms with Crippen molar-refractivity contribution in [3.63, 3.8) is 0 Å². The minimum Gasteiger partial charge on any atom is -0.508 e. The molecule has 23 heavy (non-hydrogen) atoms. The second-order valence-electron chi connectivity index (χ2n) is 8.41. The number of aryl methyl sites for hydroxylation is 1. The molecule has 3 aliphatic carbocycles. The Balaban J connectivity index is 1.70. The molecular formula is C22H30O. The predicted molar refractivity (Wildman–Crippen MR) is 95.7 cm³/mol. The van der Waals surface area contributed by atoms with Crippen LogP contribution < -0.4 is 0 Å². The number of phenols is 1. The van der Waals surface area contributed by atoms with Crippen LogP contribution in [0.2, 0.25) is 0 Å². The lowest BCUT2D eigenvalue weighted by Gasteiger charge is -2.50. The van der Waals surface area contributed by atoms with Gasteiger partial charge < -0.3 is 5.11 Å². The Labute approximate surface area is 140 Å². The van der Waals surface area contributed by atoms with E-state index in [0.717, 1.165) is 24.2 Å². The van der Waals surface area contributed by atoms with Gasteiger partial charge in [0.1, 0.15) is 5.75 Å². The number of aromatic hydroxyl groups is 1. The first kappa shape index (κ1) is 15.3. The molecule has 0 saturated heterocycles. The number of hydrogen-bond donors (Lipinski definition) is 1. The molecule has 2 fully saturated rings. The Morgan fingerprint density at radius 3 is 2.83 bits per heavy atom. The van der Waals surface area contributed by atoms with E-state index in [4.69, 9.17) is 0 Å². The SMILES string of the molecule is CCC(C)=C1CC[C@H]2[C@@H]3CCc4cc(O)ccc4[C@H]3CC[C@]12C. The molecule has 1 aromatic carbocycles. The minimum absolute atomic E-state index is 0.438. The molecule has 1 heteroatoms. The summed E-state index contributed by atoms with van der Waals surface area (Å²) in [6.45, 7) is 7.25. The molecule has 0 aliphatic heterocycles. The summed E-state index contributed by atoms with van der Waals surface area (Å²) in [5, 5.41) is 9.79. The van der Waals surface area contributed by atoms with Crippen LogP contribution in [-0.2, 0) is 6.42 Å². The van der Waals surface area contributed by atoms with Gasteiger partial charge in [-0.2, -0.15) is 0 Å². The summed E-state index contributed by atoms with van der Waals surface area (Å²) in [5.41, 5.74) is 6.89. The zero-order valence-corrected chi connectivity index (χ0v) is 14.9. The summed E-state index contributed by atoms with van der Waals surface area (Å²) in [4.78, 5) is 0. The number of benzene rings is 1. The highest BCUT2D eigenvalue weighted by Gasteiger charge is 2.52. The molecule has 1 N–H and O–H groups in total. The number of phenolic OH excluding ortho intramolecular Hbond substituents is 1. The third-order valence-electron chi connectivity index (χ3n) is 7.54. The average molecular weight is 310 g/mol. The van der Waals surface area contributed by atoms with E-state index in [2.05, 4.69) is 26.8 Å². The van der Waals surface area contributed by atoms with Crippen molar-refractivity contribution >= 4 is 0 Å². The number of hydrogen-bond acceptors (Lipinski definition) is 1. The van der Waals surface area contributed by atoms with Crippen LogP contribution in [0.25, 0.3) is 0 Å². The molecule has 4 rings (SSSR count). The van der Waals surface area contributed by atoms with Crippen molar-refractivity contribution in [2.45, 2.75) is 71.6 Å². The summed E-state index contributed by atoms with van der Waals surface area (Å²) in [5.74, 6) is 2.90. The minimum atomic E-state index is 0.438. The van der Waals surface area contributed by atoms with Crippen LogP contribution in [0.15, 0.2) is 29.3 Å². The van der Waals surface area contributed by atoms with Crippen LogP contribution in [0, 0.1) is 17.3 Å². The van der Waals surface area contributed by atoms with Crippen molar-refractivity contribution in [2.75, 3.05) is 0 Å². The number of fused-ring (bicyclic) bond motifs is 5. The van der Waals surface area contributed by atoms with Crippen LogP contribution in [0.3, 0.4) is 0 Å². The third-order valence-corrected chi connectivity index (χ3v) is 7.54. The predicted octanol–water partition coefficient (Wildman–Crippen LogP) is 5.97. The highest BCUT2D eigenvalue weighted by atomic mass is 16.3. The van der Waals surface area contributed by atoms with Gasteiger partial charge in [-0.15, -0.1) is 0 Å². The Morgan fingerprint density at radius 1 is 1.22 bits per heavy atom. The van der Waals surface area contributed by atoms with Crippen molar-refractivity contribution in [2.24, 2.45) is 17.3 Å². The quantitative estimate of drug-likeness (QED) is 0.633. The van der Waals surface area contributed by atoms with E-state index < -0.39 is 0 Å². The van der Waals surface area contributed by atoms with Gasteiger partial charge in [0.15, 0.2) is 0 Å². The smallest absolute Gasteiger partial charge is 0.115 e. The molecule has 0 bridgehead atoms. The van der Waals surface area contributed by atoms with E-state index in [1.54, 1.807) is 16.7 Å². The van der Waals surface area contributed by atoms with Crippen LogP contribution in [0.1, 0.15) is 76.3 Å². The fourth-order valence-electron chi connectivity index (χ4n) is 6.30. The van der Waals surface area contributed by atoms with Gasteiger partial charge in [-0.25, -0.2) is 0 Å². The van der Waals surface area contributed by atoms with Crippen LogP contribution in [-0.4, -0.2) is 5.11 Å². The fourth-order valence-corrected chi connectivity index (χ4v) is 6.30. The van der Waals surface area contributed by atoms with Gasteiger partial charge in [0, 0.05) is 0 Å². The van der Waals surface area contributed by atoms with E-state index in [1.165, 1.54) is 44.1 Å². The van der Waals surface area contributed by atoms with E-state index in [1.807, 2.05) is 12.1 Å². The third kappa shape index (κ3) is 2.19. The topological polar surface area (TPSA) is 20.2 Å². The monoisotopic (exact) mass is 310 g/mol. The summed E-state index contributed by atoms with van der Waals surface area (Å²) in [6.07, 6.45) is 9.11. The molecule has 1 nitrogen and oxygen atoms in total. The molecule has 0 aromatic heterocycles. The highest BCUT2D eigenvalue weighted by molar-refractivity contribution is 5.41. The molecule has 0 unspecified atom stereocenters. The number of allylic oxidation sites excluding steroid dienone is 2. The van der Waals surface area contributed by atoms with Gasteiger partial charge in [-0.3, -0.25) is 0 Å². The van der Waals surface area contributed by atoms with Crippen molar-refractivity contribution in [3.8, 4) is 5.75 Å². The van der Waals surface area contributed by atoms with Gasteiger partial charge in [0.2, 0.25) is 0 Å². The molecule has 0 spiro atoms. The second-order valence-corrected chi connectivity index (χ2v) is 8.41. The highest BCUT2D eigenvalue weighted by Crippen LogP contribution is 2.63. The Bertz CT molecular complexity index is 656. The maximum Gasteiger partial charge on any atom is 0.115 e. The molecular weight excluding hydrogens is 280 g/mol. The number of rotatable bonds is 1. The first-order valence-electron chi connectivity index (χ1n) is 9.55. The Hall–Kier alpha value is -1.24. The molecule has 0 radical (unpaired) electrons. The van der Waals surface area contributed by atoms with Crippen molar-refractivity contribution in [1.82, 2.24) is 0 Å². The average Bonchev–Trinajstić information content (AvgIpc) is 2.90. The van der Waals surface area contributed by atoms with Crippen LogP contribution in [0.5, 0.6) is 5.75 Å². The lowest BCUT2D eigenvalue weighted by atomic mass is 9.55. The first-order valence-corrected chi connectivity index (χ1v) is 9.55. The Kier molecular flexibility index (Phi) is 3.59. The van der Waals surface area contributed by atoms with Crippen molar-refractivity contribution in [3.05, 3.63) is 40.5 Å². The molecule has 4 atom stereocenters. The molecule has 1 aromatic rings. The second kappa shape index (κ2) is 5.40. The molecule has 3 aliphatic rings. The molecule has 2 saturated carbocycles. The van der Waals surface area contributed by atoms with Gasteiger partial charge in [0.05, 0.1) is 0 Å². The van der Waals surface area contributed by atoms with E-state index >= 15 is 0 Å². The standard InChI is InChI=1S/C22H30O/c1-4-14(2)20-9-10-21-19-7-5-15-13-16(23)6-8-17(15)18(19)11-12-22(20,21)3/h6,8,13,18-19,21,23H,4-5,7,9-12H2,1-3H3/t18-,19-,21+,22-/m1/s1. The van der Waals surface area contributed by atoms with E-state index in [9.17, 15) is 5.11 Å². The lowest BCUT2D eigenvalue weighted by molar-refractivity contribution is 0.0808. The Morgan fingerprint density at radius 2 is 2.04 bits per heavy atom. The van der Waals surface area contributed by atoms with Crippen LogP contribution in [0.4, 0.5) is 0 Å². The maximum atomic E-state index is 9.79. The normalized spacial score (nSPS) is 37.8.